The molecular weight excluding hydrogens is 181 g/mol. The molecule has 0 amide bonds. The Labute approximate surface area is 75.9 Å². The number of halogens is 3. The Kier molecular flexibility index (Phi) is 5.56. The van der Waals surface area contributed by atoms with E-state index < -0.39 is 12.3 Å². The quantitative estimate of drug-likeness (QED) is 0.538. The van der Waals surface area contributed by atoms with Crippen LogP contribution in [0.2, 0.25) is 0 Å². The average molecular weight is 194 g/mol. The Morgan fingerprint density at radius 1 is 1.31 bits per heavy atom. The summed E-state index contributed by atoms with van der Waals surface area (Å²) < 4.78 is 34.6. The summed E-state index contributed by atoms with van der Waals surface area (Å²) in [5.41, 5.74) is 0. The molecule has 0 radical (unpaired) electrons. The Bertz CT molecular complexity index is 187. The largest absolute Gasteiger partial charge is 0.457 e. The minimum absolute atomic E-state index is 0.316. The third kappa shape index (κ3) is 9.22. The molecule has 0 unspecified atom stereocenters. The minimum Gasteiger partial charge on any atom is -0.380 e. The predicted octanol–water partition coefficient (Wildman–Crippen LogP) is 2.49. The number of aliphatic hydroxyl groups is 1. The highest BCUT2D eigenvalue weighted by Gasteiger charge is 2.23. The first-order valence-electron chi connectivity index (χ1n) is 4.23. The molecule has 0 aliphatic heterocycles. The third-order valence-corrected chi connectivity index (χ3v) is 1.46. The van der Waals surface area contributed by atoms with Gasteiger partial charge >= 0.3 is 6.18 Å². The van der Waals surface area contributed by atoms with Gasteiger partial charge in [0.1, 0.15) is 6.10 Å². The van der Waals surface area contributed by atoms with Crippen molar-refractivity contribution in [3.8, 4) is 11.8 Å². The van der Waals surface area contributed by atoms with Crippen LogP contribution < -0.4 is 0 Å². The van der Waals surface area contributed by atoms with Gasteiger partial charge in [0.25, 0.3) is 0 Å². The molecule has 0 spiro atoms. The lowest BCUT2D eigenvalue weighted by Crippen LogP contribution is -2.07. The Morgan fingerprint density at radius 3 is 2.38 bits per heavy atom. The number of hydrogen-bond acceptors (Lipinski definition) is 1. The molecule has 0 heterocycles. The van der Waals surface area contributed by atoms with Gasteiger partial charge in [-0.3, -0.25) is 0 Å². The monoisotopic (exact) mass is 194 g/mol. The summed E-state index contributed by atoms with van der Waals surface area (Å²) in [5.74, 6) is 2.81. The van der Waals surface area contributed by atoms with Crippen LogP contribution in [0, 0.1) is 11.8 Å². The molecule has 0 fully saturated rings. The number of unbranched alkanes of at least 4 members (excludes halogenated alkanes) is 2. The topological polar surface area (TPSA) is 20.2 Å². The highest BCUT2D eigenvalue weighted by Crippen LogP contribution is 2.12. The lowest BCUT2D eigenvalue weighted by atomic mass is 10.1. The van der Waals surface area contributed by atoms with Crippen LogP contribution in [0.3, 0.4) is 0 Å². The molecule has 0 saturated heterocycles. The molecule has 0 aromatic heterocycles. The van der Waals surface area contributed by atoms with Crippen LogP contribution in [0.1, 0.15) is 32.6 Å². The van der Waals surface area contributed by atoms with Crippen molar-refractivity contribution in [3.05, 3.63) is 0 Å². The van der Waals surface area contributed by atoms with E-state index in [0.717, 1.165) is 18.8 Å². The zero-order chi connectivity index (χ0) is 10.3. The second kappa shape index (κ2) is 5.87. The Morgan fingerprint density at radius 2 is 1.92 bits per heavy atom. The summed E-state index contributed by atoms with van der Waals surface area (Å²) >= 11 is 0. The zero-order valence-electron chi connectivity index (χ0n) is 7.49. The van der Waals surface area contributed by atoms with E-state index >= 15 is 0 Å². The number of alkyl halides is 3. The standard InChI is InChI=1S/C9H13F3O/c1-2-3-4-5-8(13)6-7-9(10,11)12/h8,13H,2-5H2,1H3/t8-/m0/s1. The van der Waals surface area contributed by atoms with Crippen LogP contribution in [-0.4, -0.2) is 17.4 Å². The summed E-state index contributed by atoms with van der Waals surface area (Å²) in [5, 5.41) is 8.97. The van der Waals surface area contributed by atoms with Gasteiger partial charge in [-0.15, -0.1) is 0 Å². The molecular formula is C9H13F3O. The van der Waals surface area contributed by atoms with Gasteiger partial charge in [0, 0.05) is 5.92 Å². The van der Waals surface area contributed by atoms with E-state index in [4.69, 9.17) is 5.11 Å². The normalized spacial score (nSPS) is 13.3. The van der Waals surface area contributed by atoms with Gasteiger partial charge in [0.15, 0.2) is 0 Å². The van der Waals surface area contributed by atoms with Crippen LogP contribution in [0.5, 0.6) is 0 Å². The van der Waals surface area contributed by atoms with E-state index in [1.165, 1.54) is 0 Å². The van der Waals surface area contributed by atoms with Crippen molar-refractivity contribution in [2.24, 2.45) is 0 Å². The van der Waals surface area contributed by atoms with Crippen molar-refractivity contribution in [1.29, 1.82) is 0 Å². The fourth-order valence-corrected chi connectivity index (χ4v) is 0.825. The summed E-state index contributed by atoms with van der Waals surface area (Å²) in [6.45, 7) is 1.98. The Hall–Kier alpha value is -0.690. The fraction of sp³-hybridized carbons (Fsp3) is 0.778. The van der Waals surface area contributed by atoms with Gasteiger partial charge in [-0.25, -0.2) is 0 Å². The van der Waals surface area contributed by atoms with E-state index in [-0.39, 0.29) is 0 Å². The molecule has 0 bridgehead atoms. The number of rotatable bonds is 4. The molecule has 0 saturated carbocycles. The van der Waals surface area contributed by atoms with E-state index in [9.17, 15) is 13.2 Å². The van der Waals surface area contributed by atoms with Crippen molar-refractivity contribution in [1.82, 2.24) is 0 Å². The van der Waals surface area contributed by atoms with Gasteiger partial charge in [-0.1, -0.05) is 25.7 Å². The van der Waals surface area contributed by atoms with Crippen LogP contribution in [-0.2, 0) is 0 Å². The molecule has 76 valence electrons. The lowest BCUT2D eigenvalue weighted by Gasteiger charge is -2.01. The summed E-state index contributed by atoms with van der Waals surface area (Å²) in [6.07, 6.45) is -2.73. The molecule has 1 N–H and O–H groups in total. The molecule has 0 aliphatic rings. The number of aliphatic hydroxyl groups excluding tert-OH is 1. The highest BCUT2D eigenvalue weighted by molar-refractivity contribution is 5.09. The van der Waals surface area contributed by atoms with Gasteiger partial charge in [-0.05, 0) is 12.8 Å². The molecule has 1 nitrogen and oxygen atoms in total. The second-order valence-electron chi connectivity index (χ2n) is 2.78. The summed E-state index contributed by atoms with van der Waals surface area (Å²) in [7, 11) is 0. The molecule has 0 aliphatic carbocycles. The molecule has 13 heavy (non-hydrogen) atoms. The maximum atomic E-state index is 11.5. The van der Waals surface area contributed by atoms with Gasteiger partial charge in [0.2, 0.25) is 0 Å². The minimum atomic E-state index is -4.49. The van der Waals surface area contributed by atoms with Crippen molar-refractivity contribution in [2.75, 3.05) is 0 Å². The van der Waals surface area contributed by atoms with Gasteiger partial charge < -0.3 is 5.11 Å². The van der Waals surface area contributed by atoms with Gasteiger partial charge in [-0.2, -0.15) is 13.2 Å². The maximum Gasteiger partial charge on any atom is 0.457 e. The smallest absolute Gasteiger partial charge is 0.380 e. The lowest BCUT2D eigenvalue weighted by molar-refractivity contribution is -0.0700. The highest BCUT2D eigenvalue weighted by atomic mass is 19.4. The number of hydrogen-bond donors (Lipinski definition) is 1. The van der Waals surface area contributed by atoms with E-state index in [1.54, 1.807) is 5.92 Å². The first-order chi connectivity index (χ1) is 5.95. The third-order valence-electron chi connectivity index (χ3n) is 1.46. The first kappa shape index (κ1) is 12.3. The van der Waals surface area contributed by atoms with E-state index in [0.29, 0.717) is 12.8 Å². The van der Waals surface area contributed by atoms with Crippen molar-refractivity contribution in [3.63, 3.8) is 0 Å². The SMILES string of the molecule is CCCCC[C@H](O)C#CC(F)(F)F. The zero-order valence-corrected chi connectivity index (χ0v) is 7.49. The predicted molar refractivity (Wildman–Crippen MR) is 44.0 cm³/mol. The van der Waals surface area contributed by atoms with Gasteiger partial charge in [0.05, 0.1) is 0 Å². The maximum absolute atomic E-state index is 11.5. The molecule has 0 aromatic carbocycles. The average Bonchev–Trinajstić information content (AvgIpc) is 2.00. The second-order valence-corrected chi connectivity index (χ2v) is 2.78. The molecule has 1 atom stereocenters. The van der Waals surface area contributed by atoms with Crippen molar-refractivity contribution in [2.45, 2.75) is 44.9 Å². The van der Waals surface area contributed by atoms with Crippen LogP contribution in [0.4, 0.5) is 13.2 Å². The van der Waals surface area contributed by atoms with Crippen molar-refractivity contribution >= 4 is 0 Å². The molecule has 0 aromatic rings. The van der Waals surface area contributed by atoms with E-state index in [2.05, 4.69) is 0 Å². The van der Waals surface area contributed by atoms with Crippen LogP contribution in [0.25, 0.3) is 0 Å². The summed E-state index contributed by atoms with van der Waals surface area (Å²) in [6, 6.07) is 0. The van der Waals surface area contributed by atoms with Crippen molar-refractivity contribution < 1.29 is 18.3 Å². The van der Waals surface area contributed by atoms with Crippen LogP contribution in [0.15, 0.2) is 0 Å². The Balaban J connectivity index is 3.71. The molecule has 0 rings (SSSR count). The first-order valence-corrected chi connectivity index (χ1v) is 4.23. The summed E-state index contributed by atoms with van der Waals surface area (Å²) in [4.78, 5) is 0. The fourth-order valence-electron chi connectivity index (χ4n) is 0.825. The van der Waals surface area contributed by atoms with Crippen LogP contribution >= 0.6 is 0 Å². The van der Waals surface area contributed by atoms with E-state index in [1.807, 2.05) is 6.92 Å². The molecule has 4 heteroatoms.